The van der Waals surface area contributed by atoms with Gasteiger partial charge < -0.3 is 18.9 Å². The van der Waals surface area contributed by atoms with Crippen molar-refractivity contribution in [2.24, 2.45) is 11.3 Å². The number of carbonyl (C=O) groups is 2. The van der Waals surface area contributed by atoms with Crippen LogP contribution < -0.4 is 0 Å². The highest BCUT2D eigenvalue weighted by Gasteiger charge is 2.64. The number of rotatable bonds is 6. The highest BCUT2D eigenvalue weighted by molar-refractivity contribution is 5.77. The Kier molecular flexibility index (Phi) is 3.93. The van der Waals surface area contributed by atoms with Gasteiger partial charge in [0.25, 0.3) is 0 Å². The summed E-state index contributed by atoms with van der Waals surface area (Å²) in [6.45, 7) is 7.73. The van der Waals surface area contributed by atoms with Crippen LogP contribution >= 0.6 is 0 Å². The quantitative estimate of drug-likeness (QED) is 0.691. The number of esters is 2. The molecule has 0 saturated carbocycles. The molecule has 3 rings (SSSR count). The van der Waals surface area contributed by atoms with Gasteiger partial charge in [-0.15, -0.1) is 0 Å². The van der Waals surface area contributed by atoms with Gasteiger partial charge in [0, 0.05) is 0 Å². The van der Waals surface area contributed by atoms with Gasteiger partial charge in [0.1, 0.15) is 18.8 Å². The van der Waals surface area contributed by atoms with Crippen molar-refractivity contribution in [2.45, 2.75) is 71.1 Å². The molecule has 124 valence electrons. The maximum Gasteiger partial charge on any atom is 0.312 e. The third kappa shape index (κ3) is 2.52. The van der Waals surface area contributed by atoms with Gasteiger partial charge in [0.15, 0.2) is 6.10 Å². The van der Waals surface area contributed by atoms with Gasteiger partial charge in [0.2, 0.25) is 0 Å². The van der Waals surface area contributed by atoms with E-state index in [1.54, 1.807) is 0 Å². The molecule has 0 aliphatic carbocycles. The van der Waals surface area contributed by atoms with Crippen LogP contribution in [0.1, 0.15) is 40.5 Å². The van der Waals surface area contributed by atoms with Crippen LogP contribution in [0.3, 0.4) is 0 Å². The predicted octanol–water partition coefficient (Wildman–Crippen LogP) is 1.45. The zero-order valence-electron chi connectivity index (χ0n) is 13.5. The monoisotopic (exact) mass is 312 g/mol. The predicted molar refractivity (Wildman–Crippen MR) is 76.0 cm³/mol. The standard InChI is InChI=1S/C16H24O6/c1-5-16(3,4)15(18)19-7-8(2)20-12-10-6-9-11(21-10)13(12)22-14(9)17/h8-13H,5-7H2,1-4H3. The van der Waals surface area contributed by atoms with Crippen molar-refractivity contribution >= 4 is 11.9 Å². The Morgan fingerprint density at radius 3 is 2.82 bits per heavy atom. The molecule has 6 unspecified atom stereocenters. The highest BCUT2D eigenvalue weighted by atomic mass is 16.7. The smallest absolute Gasteiger partial charge is 0.312 e. The molecule has 0 spiro atoms. The molecule has 6 heteroatoms. The third-order valence-corrected chi connectivity index (χ3v) is 5.06. The molecule has 3 saturated heterocycles. The fourth-order valence-corrected chi connectivity index (χ4v) is 3.24. The Balaban J connectivity index is 1.50. The molecular formula is C16H24O6. The van der Waals surface area contributed by atoms with Gasteiger partial charge in [-0.05, 0) is 33.6 Å². The summed E-state index contributed by atoms with van der Waals surface area (Å²) in [6, 6.07) is 0. The number of carbonyl (C=O) groups excluding carboxylic acids is 2. The Labute approximate surface area is 130 Å². The Bertz CT molecular complexity index is 473. The molecule has 0 amide bonds. The van der Waals surface area contributed by atoms with Crippen LogP contribution in [-0.4, -0.2) is 49.1 Å². The molecule has 6 nitrogen and oxygen atoms in total. The average Bonchev–Trinajstić information content (AvgIpc) is 3.09. The number of hydrogen-bond acceptors (Lipinski definition) is 6. The lowest BCUT2D eigenvalue weighted by molar-refractivity contribution is -0.162. The van der Waals surface area contributed by atoms with Crippen molar-refractivity contribution in [3.05, 3.63) is 0 Å². The first-order valence-electron chi connectivity index (χ1n) is 8.02. The summed E-state index contributed by atoms with van der Waals surface area (Å²) in [4.78, 5) is 23.6. The number of hydrogen-bond donors (Lipinski definition) is 0. The van der Waals surface area contributed by atoms with E-state index in [1.807, 2.05) is 27.7 Å². The van der Waals surface area contributed by atoms with E-state index in [9.17, 15) is 9.59 Å². The second kappa shape index (κ2) is 5.49. The number of ether oxygens (including phenoxy) is 4. The molecule has 2 bridgehead atoms. The van der Waals surface area contributed by atoms with E-state index in [4.69, 9.17) is 18.9 Å². The van der Waals surface area contributed by atoms with E-state index in [0.29, 0.717) is 6.42 Å². The largest absolute Gasteiger partial charge is 0.463 e. The Hall–Kier alpha value is -1.14. The van der Waals surface area contributed by atoms with Crippen LogP contribution in [0.4, 0.5) is 0 Å². The van der Waals surface area contributed by atoms with Crippen molar-refractivity contribution in [3.63, 3.8) is 0 Å². The van der Waals surface area contributed by atoms with Crippen LogP contribution in [-0.2, 0) is 28.5 Å². The third-order valence-electron chi connectivity index (χ3n) is 5.06. The van der Waals surface area contributed by atoms with Crippen LogP contribution in [0, 0.1) is 11.3 Å². The summed E-state index contributed by atoms with van der Waals surface area (Å²) in [5.41, 5.74) is -0.483. The highest BCUT2D eigenvalue weighted by Crippen LogP contribution is 2.47. The van der Waals surface area contributed by atoms with Gasteiger partial charge in [-0.2, -0.15) is 0 Å². The molecular weight excluding hydrogens is 288 g/mol. The minimum absolute atomic E-state index is 0.0864. The lowest BCUT2D eigenvalue weighted by Crippen LogP contribution is -2.41. The topological polar surface area (TPSA) is 71.1 Å². The summed E-state index contributed by atoms with van der Waals surface area (Å²) in [7, 11) is 0. The van der Waals surface area contributed by atoms with E-state index in [2.05, 4.69) is 0 Å². The van der Waals surface area contributed by atoms with Gasteiger partial charge in [-0.25, -0.2) is 0 Å². The minimum atomic E-state index is -0.483. The SMILES string of the molecule is CCC(C)(C)C(=O)OCC(C)OC1C2CC3C(=O)OC1C3O2. The fraction of sp³-hybridized carbons (Fsp3) is 0.875. The first-order valence-corrected chi connectivity index (χ1v) is 8.02. The second-order valence-corrected chi connectivity index (χ2v) is 7.13. The van der Waals surface area contributed by atoms with E-state index >= 15 is 0 Å². The maximum absolute atomic E-state index is 12.0. The van der Waals surface area contributed by atoms with E-state index < -0.39 is 5.41 Å². The molecule has 3 aliphatic rings. The van der Waals surface area contributed by atoms with Crippen LogP contribution in [0.15, 0.2) is 0 Å². The molecule has 0 radical (unpaired) electrons. The molecule has 0 aromatic carbocycles. The summed E-state index contributed by atoms with van der Waals surface area (Å²) < 4.78 is 22.4. The molecule has 3 fully saturated rings. The van der Waals surface area contributed by atoms with Crippen molar-refractivity contribution in [1.29, 1.82) is 0 Å². The molecule has 6 atom stereocenters. The zero-order chi connectivity index (χ0) is 16.1. The van der Waals surface area contributed by atoms with Crippen molar-refractivity contribution < 1.29 is 28.5 Å². The van der Waals surface area contributed by atoms with Crippen LogP contribution in [0.5, 0.6) is 0 Å². The normalized spacial score (nSPS) is 37.3. The summed E-state index contributed by atoms with van der Waals surface area (Å²) in [6.07, 6.45) is 0.332. The van der Waals surface area contributed by atoms with E-state index in [0.717, 1.165) is 6.42 Å². The Morgan fingerprint density at radius 2 is 2.14 bits per heavy atom. The summed E-state index contributed by atoms with van der Waals surface area (Å²) in [5, 5.41) is 0. The van der Waals surface area contributed by atoms with Crippen molar-refractivity contribution in [2.75, 3.05) is 6.61 Å². The van der Waals surface area contributed by atoms with Gasteiger partial charge in [-0.1, -0.05) is 6.92 Å². The lowest BCUT2D eigenvalue weighted by atomic mass is 9.88. The van der Waals surface area contributed by atoms with Gasteiger partial charge >= 0.3 is 11.9 Å². The molecule has 3 aliphatic heterocycles. The van der Waals surface area contributed by atoms with E-state index in [1.165, 1.54) is 0 Å². The fourth-order valence-electron chi connectivity index (χ4n) is 3.24. The van der Waals surface area contributed by atoms with Crippen LogP contribution in [0.25, 0.3) is 0 Å². The average molecular weight is 312 g/mol. The molecule has 3 heterocycles. The summed E-state index contributed by atoms with van der Waals surface area (Å²) >= 11 is 0. The van der Waals surface area contributed by atoms with Gasteiger partial charge in [-0.3, -0.25) is 9.59 Å². The van der Waals surface area contributed by atoms with Gasteiger partial charge in [0.05, 0.1) is 23.5 Å². The second-order valence-electron chi connectivity index (χ2n) is 7.13. The maximum atomic E-state index is 12.0. The summed E-state index contributed by atoms with van der Waals surface area (Å²) in [5.74, 6) is -0.511. The van der Waals surface area contributed by atoms with Crippen LogP contribution in [0.2, 0.25) is 0 Å². The first kappa shape index (κ1) is 15.7. The molecule has 0 aromatic rings. The minimum Gasteiger partial charge on any atom is -0.463 e. The van der Waals surface area contributed by atoms with E-state index in [-0.39, 0.29) is 55.0 Å². The zero-order valence-corrected chi connectivity index (χ0v) is 13.5. The molecule has 0 aromatic heterocycles. The Morgan fingerprint density at radius 1 is 1.41 bits per heavy atom. The lowest BCUT2D eigenvalue weighted by Gasteiger charge is -2.27. The van der Waals surface area contributed by atoms with Crippen molar-refractivity contribution in [3.8, 4) is 0 Å². The van der Waals surface area contributed by atoms with Crippen molar-refractivity contribution in [1.82, 2.24) is 0 Å². The first-order chi connectivity index (χ1) is 10.3. The molecule has 22 heavy (non-hydrogen) atoms. The molecule has 0 N–H and O–H groups in total. The number of fused-ring (bicyclic) bond motifs is 1.